The monoisotopic (exact) mass is 354 g/mol. The minimum absolute atomic E-state index is 0.0303. The van der Waals surface area contributed by atoms with Gasteiger partial charge in [0.15, 0.2) is 0 Å². The zero-order chi connectivity index (χ0) is 18.9. The Hall–Kier alpha value is -3.35. The van der Waals surface area contributed by atoms with Crippen LogP contribution in [-0.4, -0.2) is 37.9 Å². The van der Waals surface area contributed by atoms with Crippen molar-refractivity contribution in [2.45, 2.75) is 6.92 Å². The van der Waals surface area contributed by atoms with E-state index in [0.29, 0.717) is 29.0 Å². The number of amides is 3. The van der Waals surface area contributed by atoms with Gasteiger partial charge in [-0.15, -0.1) is 0 Å². The van der Waals surface area contributed by atoms with Gasteiger partial charge < -0.3 is 21.3 Å². The van der Waals surface area contributed by atoms with Crippen LogP contribution in [0.2, 0.25) is 0 Å². The summed E-state index contributed by atoms with van der Waals surface area (Å²) in [4.78, 5) is 35.6. The number of benzene rings is 2. The molecule has 26 heavy (non-hydrogen) atoms. The third-order valence-electron chi connectivity index (χ3n) is 3.55. The van der Waals surface area contributed by atoms with Crippen LogP contribution in [-0.2, 0) is 4.79 Å². The number of rotatable bonds is 7. The van der Waals surface area contributed by atoms with Crippen molar-refractivity contribution < 1.29 is 14.4 Å². The summed E-state index contributed by atoms with van der Waals surface area (Å²) < 4.78 is 0. The molecule has 2 rings (SSSR count). The van der Waals surface area contributed by atoms with Crippen LogP contribution in [0.15, 0.2) is 48.5 Å². The predicted octanol–water partition coefficient (Wildman–Crippen LogP) is 1.85. The number of anilines is 2. The quantitative estimate of drug-likeness (QED) is 0.610. The van der Waals surface area contributed by atoms with Crippen molar-refractivity contribution in [1.82, 2.24) is 10.6 Å². The average molecular weight is 354 g/mol. The molecule has 0 unspecified atom stereocenters. The summed E-state index contributed by atoms with van der Waals surface area (Å²) in [6, 6.07) is 13.6. The zero-order valence-electron chi connectivity index (χ0n) is 14.8. The number of nitrogens with one attached hydrogen (secondary N) is 4. The molecule has 0 aliphatic carbocycles. The third kappa shape index (κ3) is 5.34. The number of carbonyl (C=O) groups is 3. The first-order valence-corrected chi connectivity index (χ1v) is 8.27. The van der Waals surface area contributed by atoms with Gasteiger partial charge in [-0.25, -0.2) is 0 Å². The van der Waals surface area contributed by atoms with Gasteiger partial charge in [-0.3, -0.25) is 14.4 Å². The molecule has 2 aromatic carbocycles. The van der Waals surface area contributed by atoms with Crippen molar-refractivity contribution in [3.05, 3.63) is 59.7 Å². The van der Waals surface area contributed by atoms with Crippen molar-refractivity contribution in [2.75, 3.05) is 30.8 Å². The highest BCUT2D eigenvalue weighted by Gasteiger charge is 2.08. The first-order valence-electron chi connectivity index (χ1n) is 8.27. The number of hydrogen-bond acceptors (Lipinski definition) is 4. The van der Waals surface area contributed by atoms with Gasteiger partial charge in [-0.05, 0) is 43.3 Å². The molecular formula is C19H22N4O3. The Labute approximate surface area is 152 Å². The molecule has 0 fully saturated rings. The fraction of sp³-hybridized carbons (Fsp3) is 0.211. The van der Waals surface area contributed by atoms with E-state index in [2.05, 4.69) is 21.3 Å². The van der Waals surface area contributed by atoms with Crippen molar-refractivity contribution in [3.8, 4) is 0 Å². The van der Waals surface area contributed by atoms with Crippen LogP contribution in [0.4, 0.5) is 11.4 Å². The Morgan fingerprint density at radius 3 is 2.15 bits per heavy atom. The van der Waals surface area contributed by atoms with Crippen LogP contribution >= 0.6 is 0 Å². The van der Waals surface area contributed by atoms with Crippen LogP contribution in [0.3, 0.4) is 0 Å². The molecule has 0 heterocycles. The van der Waals surface area contributed by atoms with Crippen LogP contribution < -0.4 is 21.3 Å². The molecule has 0 aliphatic rings. The number of hydrogen-bond donors (Lipinski definition) is 4. The molecule has 0 bridgehead atoms. The van der Waals surface area contributed by atoms with Crippen molar-refractivity contribution in [3.63, 3.8) is 0 Å². The van der Waals surface area contributed by atoms with Gasteiger partial charge >= 0.3 is 0 Å². The first kappa shape index (κ1) is 19.0. The zero-order valence-corrected chi connectivity index (χ0v) is 14.8. The summed E-state index contributed by atoms with van der Waals surface area (Å²) in [6.07, 6.45) is 0. The standard InChI is InChI=1S/C19H22N4O3/c1-3-21-19(26)14-7-5-9-16(11-14)23-17(24)12-22-15-8-4-6-13(10-15)18(25)20-2/h4-11,22H,3,12H2,1-2H3,(H,20,25)(H,21,26)(H,23,24). The second-order valence-corrected chi connectivity index (χ2v) is 5.50. The summed E-state index contributed by atoms with van der Waals surface area (Å²) in [7, 11) is 1.56. The third-order valence-corrected chi connectivity index (χ3v) is 3.55. The highest BCUT2D eigenvalue weighted by Crippen LogP contribution is 2.12. The van der Waals surface area contributed by atoms with Crippen LogP contribution in [0.5, 0.6) is 0 Å². The smallest absolute Gasteiger partial charge is 0.251 e. The molecular weight excluding hydrogens is 332 g/mol. The summed E-state index contributed by atoms with van der Waals surface area (Å²) in [5.41, 5.74) is 2.19. The van der Waals surface area contributed by atoms with Gasteiger partial charge in [-0.1, -0.05) is 12.1 Å². The van der Waals surface area contributed by atoms with Gasteiger partial charge in [0.25, 0.3) is 11.8 Å². The van der Waals surface area contributed by atoms with E-state index < -0.39 is 0 Å². The molecule has 0 aromatic heterocycles. The maximum atomic E-state index is 12.1. The molecule has 0 saturated carbocycles. The van der Waals surface area contributed by atoms with Crippen molar-refractivity contribution in [1.29, 1.82) is 0 Å². The maximum Gasteiger partial charge on any atom is 0.251 e. The van der Waals surface area contributed by atoms with E-state index in [-0.39, 0.29) is 24.3 Å². The maximum absolute atomic E-state index is 12.1. The van der Waals surface area contributed by atoms with E-state index in [1.54, 1.807) is 55.6 Å². The lowest BCUT2D eigenvalue weighted by Gasteiger charge is -2.10. The minimum Gasteiger partial charge on any atom is -0.376 e. The fourth-order valence-electron chi connectivity index (χ4n) is 2.30. The van der Waals surface area contributed by atoms with Gasteiger partial charge in [0.1, 0.15) is 0 Å². The van der Waals surface area contributed by atoms with Gasteiger partial charge in [-0.2, -0.15) is 0 Å². The van der Waals surface area contributed by atoms with E-state index in [1.165, 1.54) is 0 Å². The summed E-state index contributed by atoms with van der Waals surface area (Å²) in [5, 5.41) is 11.0. The van der Waals surface area contributed by atoms with E-state index in [0.717, 1.165) is 0 Å². The fourth-order valence-corrected chi connectivity index (χ4v) is 2.30. The summed E-state index contributed by atoms with van der Waals surface area (Å²) in [5.74, 6) is -0.642. The van der Waals surface area contributed by atoms with Crippen molar-refractivity contribution in [2.24, 2.45) is 0 Å². The number of carbonyl (C=O) groups excluding carboxylic acids is 3. The SMILES string of the molecule is CCNC(=O)c1cccc(NC(=O)CNc2cccc(C(=O)NC)c2)c1. The van der Waals surface area contributed by atoms with Gasteiger partial charge in [0, 0.05) is 36.1 Å². The minimum atomic E-state index is -0.261. The second kappa shape index (κ2) is 9.22. The highest BCUT2D eigenvalue weighted by molar-refractivity contribution is 5.98. The molecule has 0 atom stereocenters. The molecule has 0 aliphatic heterocycles. The van der Waals surface area contributed by atoms with E-state index in [4.69, 9.17) is 0 Å². The first-order chi connectivity index (χ1) is 12.5. The van der Waals surface area contributed by atoms with E-state index in [9.17, 15) is 14.4 Å². The largest absolute Gasteiger partial charge is 0.376 e. The molecule has 3 amide bonds. The van der Waals surface area contributed by atoms with Gasteiger partial charge in [0.2, 0.25) is 5.91 Å². The Bertz CT molecular complexity index is 805. The van der Waals surface area contributed by atoms with Gasteiger partial charge in [0.05, 0.1) is 6.54 Å². The van der Waals surface area contributed by atoms with Crippen LogP contribution in [0, 0.1) is 0 Å². The van der Waals surface area contributed by atoms with Crippen molar-refractivity contribution >= 4 is 29.1 Å². The Morgan fingerprint density at radius 2 is 1.50 bits per heavy atom. The highest BCUT2D eigenvalue weighted by atomic mass is 16.2. The van der Waals surface area contributed by atoms with Crippen LogP contribution in [0.1, 0.15) is 27.6 Å². The summed E-state index contributed by atoms with van der Waals surface area (Å²) in [6.45, 7) is 2.41. The topological polar surface area (TPSA) is 99.3 Å². The Morgan fingerprint density at radius 1 is 0.885 bits per heavy atom. The van der Waals surface area contributed by atoms with Crippen LogP contribution in [0.25, 0.3) is 0 Å². The Balaban J connectivity index is 1.94. The molecule has 0 radical (unpaired) electrons. The molecule has 0 spiro atoms. The lowest BCUT2D eigenvalue weighted by Crippen LogP contribution is -2.24. The summed E-state index contributed by atoms with van der Waals surface area (Å²) >= 11 is 0. The lowest BCUT2D eigenvalue weighted by molar-refractivity contribution is -0.114. The normalized spacial score (nSPS) is 9.92. The molecule has 4 N–H and O–H groups in total. The molecule has 7 nitrogen and oxygen atoms in total. The molecule has 7 heteroatoms. The average Bonchev–Trinajstić information content (AvgIpc) is 2.66. The predicted molar refractivity (Wildman–Crippen MR) is 101 cm³/mol. The second-order valence-electron chi connectivity index (χ2n) is 5.50. The lowest BCUT2D eigenvalue weighted by atomic mass is 10.2. The molecule has 0 saturated heterocycles. The van der Waals surface area contributed by atoms with E-state index in [1.807, 2.05) is 6.92 Å². The van der Waals surface area contributed by atoms with E-state index >= 15 is 0 Å². The molecule has 136 valence electrons. The molecule has 2 aromatic rings. The Kier molecular flexibility index (Phi) is 6.73.